The maximum atomic E-state index is 11.1. The Morgan fingerprint density at radius 1 is 1.29 bits per heavy atom. The molecule has 1 N–H and O–H groups in total. The van der Waals surface area contributed by atoms with E-state index in [1.54, 1.807) is 13.3 Å². The number of carbonyl (C=O) groups is 1. The fourth-order valence-electron chi connectivity index (χ4n) is 2.97. The molecule has 0 unspecified atom stereocenters. The molecule has 1 aromatic heterocycles. The lowest BCUT2D eigenvalue weighted by molar-refractivity contribution is -0.142. The van der Waals surface area contributed by atoms with E-state index in [-0.39, 0.29) is 5.92 Å². The predicted molar refractivity (Wildman–Crippen MR) is 80.9 cm³/mol. The first kappa shape index (κ1) is 13.7. The lowest BCUT2D eigenvalue weighted by Gasteiger charge is -2.32. The van der Waals surface area contributed by atoms with Gasteiger partial charge in [0.15, 0.2) is 0 Å². The number of nitrogens with zero attached hydrogens (tertiary/aromatic N) is 2. The van der Waals surface area contributed by atoms with Gasteiger partial charge in [0, 0.05) is 35.7 Å². The van der Waals surface area contributed by atoms with E-state index >= 15 is 0 Å². The van der Waals surface area contributed by atoms with Crippen LogP contribution in [0.4, 0.5) is 5.69 Å². The van der Waals surface area contributed by atoms with Crippen LogP contribution in [0.25, 0.3) is 10.8 Å². The van der Waals surface area contributed by atoms with Crippen molar-refractivity contribution in [2.75, 3.05) is 25.1 Å². The van der Waals surface area contributed by atoms with Gasteiger partial charge >= 0.3 is 5.97 Å². The molecule has 5 nitrogen and oxygen atoms in total. The zero-order valence-corrected chi connectivity index (χ0v) is 12.0. The van der Waals surface area contributed by atoms with Crippen LogP contribution in [-0.2, 0) is 4.79 Å². The highest BCUT2D eigenvalue weighted by Crippen LogP contribution is 2.33. The highest BCUT2D eigenvalue weighted by molar-refractivity contribution is 5.97. The van der Waals surface area contributed by atoms with Crippen molar-refractivity contribution in [1.82, 2.24) is 4.98 Å². The van der Waals surface area contributed by atoms with Crippen LogP contribution in [0.2, 0.25) is 0 Å². The van der Waals surface area contributed by atoms with Crippen LogP contribution >= 0.6 is 0 Å². The Hall–Kier alpha value is -2.30. The first-order valence-corrected chi connectivity index (χ1v) is 7.10. The molecule has 0 spiro atoms. The number of pyridine rings is 1. The first-order valence-electron chi connectivity index (χ1n) is 7.10. The Kier molecular flexibility index (Phi) is 3.64. The lowest BCUT2D eigenvalue weighted by Crippen LogP contribution is -2.36. The summed E-state index contributed by atoms with van der Waals surface area (Å²) in [7, 11) is 1.62. The van der Waals surface area contributed by atoms with Crippen molar-refractivity contribution in [2.24, 2.45) is 5.92 Å². The van der Waals surface area contributed by atoms with E-state index in [1.807, 2.05) is 18.2 Å². The van der Waals surface area contributed by atoms with Gasteiger partial charge in [-0.05, 0) is 31.0 Å². The maximum absolute atomic E-state index is 11.1. The first-order chi connectivity index (χ1) is 10.2. The highest BCUT2D eigenvalue weighted by Gasteiger charge is 2.25. The Morgan fingerprint density at radius 3 is 2.71 bits per heavy atom. The number of anilines is 1. The zero-order chi connectivity index (χ0) is 14.8. The van der Waals surface area contributed by atoms with Gasteiger partial charge in [0.25, 0.3) is 0 Å². The second-order valence-corrected chi connectivity index (χ2v) is 5.29. The molecule has 0 bridgehead atoms. The molecular formula is C16H18N2O3. The summed E-state index contributed by atoms with van der Waals surface area (Å²) in [5.74, 6) is -0.277. The largest absolute Gasteiger partial charge is 0.481 e. The SMILES string of the molecule is COc1nccc2c(N3CCC(C(=O)O)CC3)cccc12. The van der Waals surface area contributed by atoms with Gasteiger partial charge in [0.05, 0.1) is 13.0 Å². The Morgan fingerprint density at radius 2 is 2.05 bits per heavy atom. The van der Waals surface area contributed by atoms with Crippen molar-refractivity contribution in [1.29, 1.82) is 0 Å². The van der Waals surface area contributed by atoms with Gasteiger partial charge in [0.2, 0.25) is 5.88 Å². The van der Waals surface area contributed by atoms with E-state index in [0.717, 1.165) is 29.5 Å². The van der Waals surface area contributed by atoms with Gasteiger partial charge in [-0.3, -0.25) is 4.79 Å². The van der Waals surface area contributed by atoms with E-state index in [9.17, 15) is 4.79 Å². The molecule has 2 aromatic rings. The summed E-state index contributed by atoms with van der Waals surface area (Å²) in [6.07, 6.45) is 3.12. The summed E-state index contributed by atoms with van der Waals surface area (Å²) in [5, 5.41) is 11.2. The van der Waals surface area contributed by atoms with Gasteiger partial charge in [-0.1, -0.05) is 6.07 Å². The lowest BCUT2D eigenvalue weighted by atomic mass is 9.96. The number of hydrogen-bond donors (Lipinski definition) is 1. The monoisotopic (exact) mass is 286 g/mol. The van der Waals surface area contributed by atoms with Gasteiger partial charge in [-0.25, -0.2) is 4.98 Å². The fraction of sp³-hybridized carbons (Fsp3) is 0.375. The molecule has 1 aliphatic rings. The van der Waals surface area contributed by atoms with Crippen molar-refractivity contribution in [3.05, 3.63) is 30.5 Å². The molecule has 110 valence electrons. The summed E-state index contributed by atoms with van der Waals surface area (Å²) < 4.78 is 5.31. The van der Waals surface area contributed by atoms with Crippen LogP contribution in [-0.4, -0.2) is 36.3 Å². The summed E-state index contributed by atoms with van der Waals surface area (Å²) in [6, 6.07) is 8.04. The number of methoxy groups -OCH3 is 1. The minimum absolute atomic E-state index is 0.215. The Bertz CT molecular complexity index is 664. The normalized spacial score (nSPS) is 16.1. The number of aromatic nitrogens is 1. The third-order valence-corrected chi connectivity index (χ3v) is 4.12. The van der Waals surface area contributed by atoms with Crippen LogP contribution in [0, 0.1) is 5.92 Å². The van der Waals surface area contributed by atoms with Crippen molar-refractivity contribution < 1.29 is 14.6 Å². The van der Waals surface area contributed by atoms with Gasteiger partial charge in [-0.15, -0.1) is 0 Å². The average molecular weight is 286 g/mol. The van der Waals surface area contributed by atoms with E-state index < -0.39 is 5.97 Å². The molecule has 0 saturated carbocycles. The van der Waals surface area contributed by atoms with E-state index in [2.05, 4.69) is 16.0 Å². The number of hydrogen-bond acceptors (Lipinski definition) is 4. The molecule has 0 radical (unpaired) electrons. The molecule has 1 aliphatic heterocycles. The number of benzene rings is 1. The highest BCUT2D eigenvalue weighted by atomic mass is 16.5. The number of ether oxygens (including phenoxy) is 1. The molecule has 21 heavy (non-hydrogen) atoms. The molecule has 1 saturated heterocycles. The minimum atomic E-state index is -0.682. The number of carboxylic acids is 1. The second kappa shape index (κ2) is 5.60. The van der Waals surface area contributed by atoms with Gasteiger partial charge < -0.3 is 14.7 Å². The summed E-state index contributed by atoms with van der Waals surface area (Å²) in [6.45, 7) is 1.53. The van der Waals surface area contributed by atoms with Crippen LogP contribution in [0.5, 0.6) is 5.88 Å². The topological polar surface area (TPSA) is 62.7 Å². The quantitative estimate of drug-likeness (QED) is 0.939. The van der Waals surface area contributed by atoms with Gasteiger partial charge in [-0.2, -0.15) is 0 Å². The van der Waals surface area contributed by atoms with Crippen molar-refractivity contribution in [3.63, 3.8) is 0 Å². The molecule has 3 rings (SSSR count). The second-order valence-electron chi connectivity index (χ2n) is 5.29. The summed E-state index contributed by atoms with van der Waals surface area (Å²) >= 11 is 0. The van der Waals surface area contributed by atoms with E-state index in [1.165, 1.54) is 0 Å². The van der Waals surface area contributed by atoms with Crippen molar-refractivity contribution >= 4 is 22.4 Å². The summed E-state index contributed by atoms with van der Waals surface area (Å²) in [4.78, 5) is 17.5. The number of carboxylic acid groups (broad SMARTS) is 1. The van der Waals surface area contributed by atoms with Crippen LogP contribution < -0.4 is 9.64 Å². The Balaban J connectivity index is 1.93. The summed E-state index contributed by atoms with van der Waals surface area (Å²) in [5.41, 5.74) is 1.12. The molecule has 5 heteroatoms. The Labute approximate surface area is 123 Å². The molecule has 0 atom stereocenters. The smallest absolute Gasteiger partial charge is 0.306 e. The van der Waals surface area contributed by atoms with Crippen molar-refractivity contribution in [3.8, 4) is 5.88 Å². The predicted octanol–water partition coefficient (Wildman–Crippen LogP) is 2.54. The van der Waals surface area contributed by atoms with Crippen LogP contribution in [0.15, 0.2) is 30.5 Å². The number of rotatable bonds is 3. The molecule has 0 amide bonds. The zero-order valence-electron chi connectivity index (χ0n) is 12.0. The maximum Gasteiger partial charge on any atom is 0.306 e. The molecule has 1 aromatic carbocycles. The number of fused-ring (bicyclic) bond motifs is 1. The molecular weight excluding hydrogens is 268 g/mol. The molecule has 2 heterocycles. The van der Waals surface area contributed by atoms with Crippen LogP contribution in [0.1, 0.15) is 12.8 Å². The molecule has 1 fully saturated rings. The van der Waals surface area contributed by atoms with Gasteiger partial charge in [0.1, 0.15) is 0 Å². The molecule has 0 aliphatic carbocycles. The fourth-order valence-corrected chi connectivity index (χ4v) is 2.97. The third-order valence-electron chi connectivity index (χ3n) is 4.12. The van der Waals surface area contributed by atoms with Crippen LogP contribution in [0.3, 0.4) is 0 Å². The minimum Gasteiger partial charge on any atom is -0.481 e. The average Bonchev–Trinajstić information content (AvgIpc) is 2.53. The number of piperidine rings is 1. The standard InChI is InChI=1S/C16H18N2O3/c1-21-15-13-3-2-4-14(12(13)5-8-17-15)18-9-6-11(7-10-18)16(19)20/h2-5,8,11H,6-7,9-10H2,1H3,(H,19,20). The van der Waals surface area contributed by atoms with Crippen molar-refractivity contribution in [2.45, 2.75) is 12.8 Å². The van der Waals surface area contributed by atoms with E-state index in [4.69, 9.17) is 9.84 Å². The van der Waals surface area contributed by atoms with E-state index in [0.29, 0.717) is 18.7 Å². The third kappa shape index (κ3) is 2.51. The number of aliphatic carboxylic acids is 1.